The first-order valence-corrected chi connectivity index (χ1v) is 6.80. The molecule has 0 radical (unpaired) electrons. The average Bonchev–Trinajstić information content (AvgIpc) is 2.35. The molecule has 1 amide bonds. The van der Waals surface area contributed by atoms with Gasteiger partial charge in [-0.1, -0.05) is 20.8 Å². The SMILES string of the molecule is CCC(C#N)(CC)C(=O)NC1CCC(C)CC1. The number of carbonyl (C=O) groups is 1. The van der Waals surface area contributed by atoms with E-state index in [9.17, 15) is 10.1 Å². The van der Waals surface area contributed by atoms with Crippen molar-refractivity contribution in [2.24, 2.45) is 11.3 Å². The molecule has 0 saturated heterocycles. The predicted octanol–water partition coefficient (Wildman–Crippen LogP) is 3.01. The van der Waals surface area contributed by atoms with Gasteiger partial charge in [-0.15, -0.1) is 0 Å². The van der Waals surface area contributed by atoms with Crippen LogP contribution in [0.3, 0.4) is 0 Å². The van der Waals surface area contributed by atoms with Crippen LogP contribution >= 0.6 is 0 Å². The van der Waals surface area contributed by atoms with Gasteiger partial charge in [-0.2, -0.15) is 5.26 Å². The molecule has 1 fully saturated rings. The van der Waals surface area contributed by atoms with Crippen LogP contribution in [-0.2, 0) is 4.79 Å². The van der Waals surface area contributed by atoms with Crippen molar-refractivity contribution in [3.8, 4) is 6.07 Å². The van der Waals surface area contributed by atoms with E-state index >= 15 is 0 Å². The molecule has 1 rings (SSSR count). The van der Waals surface area contributed by atoms with E-state index in [2.05, 4.69) is 18.3 Å². The van der Waals surface area contributed by atoms with E-state index in [1.165, 1.54) is 12.8 Å². The van der Waals surface area contributed by atoms with Crippen LogP contribution in [0.2, 0.25) is 0 Å². The molecule has 96 valence electrons. The summed E-state index contributed by atoms with van der Waals surface area (Å²) < 4.78 is 0. The Labute approximate surface area is 105 Å². The molecular formula is C14H24N2O. The number of hydrogen-bond donors (Lipinski definition) is 1. The monoisotopic (exact) mass is 236 g/mol. The zero-order valence-corrected chi connectivity index (χ0v) is 11.3. The van der Waals surface area contributed by atoms with E-state index in [0.29, 0.717) is 12.8 Å². The van der Waals surface area contributed by atoms with Crippen LogP contribution in [0.5, 0.6) is 0 Å². The Morgan fingerprint density at radius 1 is 1.29 bits per heavy atom. The molecule has 1 aliphatic rings. The molecule has 1 aliphatic carbocycles. The van der Waals surface area contributed by atoms with E-state index in [1.54, 1.807) is 0 Å². The number of nitriles is 1. The largest absolute Gasteiger partial charge is 0.352 e. The predicted molar refractivity (Wildman–Crippen MR) is 68.2 cm³/mol. The van der Waals surface area contributed by atoms with Gasteiger partial charge in [-0.25, -0.2) is 0 Å². The number of carbonyl (C=O) groups excluding carboxylic acids is 1. The van der Waals surface area contributed by atoms with Gasteiger partial charge in [0, 0.05) is 6.04 Å². The lowest BCUT2D eigenvalue weighted by Gasteiger charge is -2.30. The third-order valence-electron chi connectivity index (χ3n) is 4.21. The first-order valence-electron chi connectivity index (χ1n) is 6.80. The van der Waals surface area contributed by atoms with Crippen LogP contribution in [0.15, 0.2) is 0 Å². The molecule has 3 nitrogen and oxygen atoms in total. The fourth-order valence-corrected chi connectivity index (χ4v) is 2.51. The third-order valence-corrected chi connectivity index (χ3v) is 4.21. The molecule has 0 aliphatic heterocycles. The van der Waals surface area contributed by atoms with Crippen molar-refractivity contribution in [3.05, 3.63) is 0 Å². The minimum Gasteiger partial charge on any atom is -0.352 e. The summed E-state index contributed by atoms with van der Waals surface area (Å²) >= 11 is 0. The van der Waals surface area contributed by atoms with Gasteiger partial charge in [-0.05, 0) is 44.4 Å². The molecule has 1 N–H and O–H groups in total. The summed E-state index contributed by atoms with van der Waals surface area (Å²) in [6.07, 6.45) is 5.67. The lowest BCUT2D eigenvalue weighted by atomic mass is 9.81. The zero-order valence-electron chi connectivity index (χ0n) is 11.3. The fourth-order valence-electron chi connectivity index (χ4n) is 2.51. The Morgan fingerprint density at radius 3 is 2.24 bits per heavy atom. The van der Waals surface area contributed by atoms with E-state index in [-0.39, 0.29) is 11.9 Å². The van der Waals surface area contributed by atoms with Crippen molar-refractivity contribution >= 4 is 5.91 Å². The summed E-state index contributed by atoms with van der Waals surface area (Å²) in [5.41, 5.74) is -0.816. The van der Waals surface area contributed by atoms with Gasteiger partial charge in [0.05, 0.1) is 6.07 Å². The lowest BCUT2D eigenvalue weighted by Crippen LogP contribution is -2.45. The summed E-state index contributed by atoms with van der Waals surface area (Å²) in [6, 6.07) is 2.48. The van der Waals surface area contributed by atoms with Crippen LogP contribution in [-0.4, -0.2) is 11.9 Å². The van der Waals surface area contributed by atoms with Crippen molar-refractivity contribution in [2.75, 3.05) is 0 Å². The van der Waals surface area contributed by atoms with Crippen molar-refractivity contribution in [1.82, 2.24) is 5.32 Å². The number of nitrogens with one attached hydrogen (secondary N) is 1. The van der Waals surface area contributed by atoms with Crippen molar-refractivity contribution in [2.45, 2.75) is 65.3 Å². The quantitative estimate of drug-likeness (QED) is 0.815. The Hall–Kier alpha value is -1.04. The van der Waals surface area contributed by atoms with E-state index < -0.39 is 5.41 Å². The van der Waals surface area contributed by atoms with Crippen LogP contribution in [0.25, 0.3) is 0 Å². The van der Waals surface area contributed by atoms with Crippen LogP contribution < -0.4 is 5.32 Å². The standard InChI is InChI=1S/C14H24N2O/c1-4-14(5-2,10-15)13(17)16-12-8-6-11(3)7-9-12/h11-12H,4-9H2,1-3H3,(H,16,17). The van der Waals surface area contributed by atoms with E-state index in [4.69, 9.17) is 0 Å². The summed E-state index contributed by atoms with van der Waals surface area (Å²) in [6.45, 7) is 6.08. The highest BCUT2D eigenvalue weighted by atomic mass is 16.2. The van der Waals surface area contributed by atoms with Gasteiger partial charge in [-0.3, -0.25) is 4.79 Å². The summed E-state index contributed by atoms with van der Waals surface area (Å²) in [7, 11) is 0. The highest BCUT2D eigenvalue weighted by Gasteiger charge is 2.36. The minimum atomic E-state index is -0.816. The van der Waals surface area contributed by atoms with E-state index in [0.717, 1.165) is 18.8 Å². The Morgan fingerprint density at radius 2 is 1.82 bits per heavy atom. The fraction of sp³-hybridized carbons (Fsp3) is 0.857. The highest BCUT2D eigenvalue weighted by molar-refractivity contribution is 5.85. The molecule has 0 aromatic carbocycles. The molecule has 3 heteroatoms. The molecule has 0 spiro atoms. The number of nitrogens with zero attached hydrogens (tertiary/aromatic N) is 1. The number of hydrogen-bond acceptors (Lipinski definition) is 2. The maximum atomic E-state index is 12.2. The van der Waals surface area contributed by atoms with Crippen LogP contribution in [0, 0.1) is 22.7 Å². The third kappa shape index (κ3) is 3.21. The molecule has 17 heavy (non-hydrogen) atoms. The average molecular weight is 236 g/mol. The Kier molecular flexibility index (Phi) is 4.99. The molecule has 0 atom stereocenters. The Balaban J connectivity index is 2.56. The minimum absolute atomic E-state index is 0.0652. The second-order valence-corrected chi connectivity index (χ2v) is 5.33. The molecule has 0 unspecified atom stereocenters. The smallest absolute Gasteiger partial charge is 0.240 e. The van der Waals surface area contributed by atoms with Gasteiger partial charge in [0.25, 0.3) is 0 Å². The second kappa shape index (κ2) is 6.05. The topological polar surface area (TPSA) is 52.9 Å². The van der Waals surface area contributed by atoms with Crippen molar-refractivity contribution < 1.29 is 4.79 Å². The molecule has 1 saturated carbocycles. The molecule has 0 bridgehead atoms. The zero-order chi connectivity index (χ0) is 12.9. The molecule has 0 aromatic rings. The van der Waals surface area contributed by atoms with Gasteiger partial charge in [0.2, 0.25) is 5.91 Å². The van der Waals surface area contributed by atoms with Crippen molar-refractivity contribution in [3.63, 3.8) is 0 Å². The summed E-state index contributed by atoms with van der Waals surface area (Å²) in [5, 5.41) is 12.3. The van der Waals surface area contributed by atoms with Crippen LogP contribution in [0.1, 0.15) is 59.3 Å². The molecule has 0 heterocycles. The number of rotatable bonds is 4. The summed E-state index contributed by atoms with van der Waals surface area (Å²) in [4.78, 5) is 12.2. The first-order chi connectivity index (χ1) is 8.07. The van der Waals surface area contributed by atoms with Gasteiger partial charge < -0.3 is 5.32 Å². The summed E-state index contributed by atoms with van der Waals surface area (Å²) in [5.74, 6) is 0.714. The second-order valence-electron chi connectivity index (χ2n) is 5.33. The first kappa shape index (κ1) is 14.0. The van der Waals surface area contributed by atoms with Gasteiger partial charge in [0.15, 0.2) is 0 Å². The molecule has 0 aromatic heterocycles. The van der Waals surface area contributed by atoms with Crippen molar-refractivity contribution in [1.29, 1.82) is 5.26 Å². The van der Waals surface area contributed by atoms with Gasteiger partial charge >= 0.3 is 0 Å². The lowest BCUT2D eigenvalue weighted by molar-refractivity contribution is -0.129. The Bertz CT molecular complexity index is 294. The maximum absolute atomic E-state index is 12.2. The molecular weight excluding hydrogens is 212 g/mol. The number of amides is 1. The van der Waals surface area contributed by atoms with Gasteiger partial charge in [0.1, 0.15) is 5.41 Å². The highest BCUT2D eigenvalue weighted by Crippen LogP contribution is 2.28. The normalized spacial score (nSPS) is 25.1. The van der Waals surface area contributed by atoms with E-state index in [1.807, 2.05) is 13.8 Å². The van der Waals surface area contributed by atoms with Crippen LogP contribution in [0.4, 0.5) is 0 Å². The maximum Gasteiger partial charge on any atom is 0.240 e.